The Morgan fingerprint density at radius 3 is 1.76 bits per heavy atom. The number of carbonyl (C=O) groups is 5. The molecule has 51 heavy (non-hydrogen) atoms. The van der Waals surface area contributed by atoms with Gasteiger partial charge < -0.3 is 36.9 Å². The van der Waals surface area contributed by atoms with Gasteiger partial charge in [-0.15, -0.1) is 0 Å². The molecule has 0 aliphatic heterocycles. The topological polar surface area (TPSA) is 241 Å². The number of primary amides is 1. The van der Waals surface area contributed by atoms with E-state index in [9.17, 15) is 24.0 Å². The monoisotopic (exact) mass is 710 g/mol. The Balaban J connectivity index is 2.01. The van der Waals surface area contributed by atoms with Crippen LogP contribution in [0.1, 0.15) is 64.5 Å². The van der Waals surface area contributed by atoms with E-state index in [1.54, 1.807) is 0 Å². The van der Waals surface area contributed by atoms with Gasteiger partial charge in [0.15, 0.2) is 5.96 Å². The average molecular weight is 711 g/mol. The van der Waals surface area contributed by atoms with Gasteiger partial charge in [-0.25, -0.2) is 19.8 Å². The Labute approximate surface area is 298 Å². The van der Waals surface area contributed by atoms with Crippen LogP contribution < -0.4 is 38.2 Å². The Morgan fingerprint density at radius 2 is 1.24 bits per heavy atom. The molecule has 0 bridgehead atoms. The molecule has 0 aromatic heterocycles. The lowest BCUT2D eigenvalue weighted by atomic mass is 10.00. The summed E-state index contributed by atoms with van der Waals surface area (Å²) in [6.45, 7) is 7.89. The summed E-state index contributed by atoms with van der Waals surface area (Å²) in [5.74, 6) is -1.14. The van der Waals surface area contributed by atoms with Gasteiger partial charge in [0.05, 0.1) is 6.04 Å². The third-order valence-electron chi connectivity index (χ3n) is 7.02. The van der Waals surface area contributed by atoms with Crippen LogP contribution in [0.2, 0.25) is 0 Å². The van der Waals surface area contributed by atoms with Crippen LogP contribution in [-0.4, -0.2) is 66.9 Å². The zero-order valence-corrected chi connectivity index (χ0v) is 29.6. The number of nitrogens with one attached hydrogen (secondary N) is 5. The summed E-state index contributed by atoms with van der Waals surface area (Å²) in [4.78, 5) is 67.0. The molecule has 0 unspecified atom stereocenters. The van der Waals surface area contributed by atoms with Gasteiger partial charge in [0, 0.05) is 12.8 Å². The number of nitrogens with zero attached hydrogens (tertiary/aromatic N) is 2. The summed E-state index contributed by atoms with van der Waals surface area (Å²) in [6.07, 6.45) is 1.04. The van der Waals surface area contributed by atoms with Gasteiger partial charge in [-0.2, -0.15) is 5.10 Å². The van der Waals surface area contributed by atoms with Crippen molar-refractivity contribution in [2.24, 2.45) is 33.4 Å². The predicted molar refractivity (Wildman–Crippen MR) is 193 cm³/mol. The minimum absolute atomic E-state index is 0.0150. The van der Waals surface area contributed by atoms with E-state index >= 15 is 0 Å². The fourth-order valence-electron chi connectivity index (χ4n) is 4.66. The number of urea groups is 1. The zero-order valence-electron chi connectivity index (χ0n) is 29.6. The first-order chi connectivity index (χ1) is 24.3. The van der Waals surface area contributed by atoms with Crippen LogP contribution in [0, 0.1) is 11.8 Å². The number of guanidine groups is 1. The summed E-state index contributed by atoms with van der Waals surface area (Å²) in [6, 6.07) is 14.7. The Morgan fingerprint density at radius 1 is 0.725 bits per heavy atom. The van der Waals surface area contributed by atoms with E-state index < -0.39 is 48.2 Å². The van der Waals surface area contributed by atoms with Crippen LogP contribution in [0.5, 0.6) is 0 Å². The number of benzene rings is 2. The van der Waals surface area contributed by atoms with E-state index in [0.29, 0.717) is 19.3 Å². The lowest BCUT2D eigenvalue weighted by Crippen LogP contribution is -2.55. The number of hydrogen-bond acceptors (Lipinski definition) is 9. The highest BCUT2D eigenvalue weighted by atomic mass is 16.6. The number of rotatable bonds is 19. The fraction of sp³-hybridized carbons (Fsp3) is 0.457. The molecule has 0 fully saturated rings. The average Bonchev–Trinajstić information content (AvgIpc) is 3.07. The van der Waals surface area contributed by atoms with Crippen LogP contribution in [0.15, 0.2) is 70.8 Å². The highest BCUT2D eigenvalue weighted by molar-refractivity contribution is 5.93. The quantitative estimate of drug-likeness (QED) is 0.0375. The molecule has 0 saturated carbocycles. The molecule has 0 saturated heterocycles. The van der Waals surface area contributed by atoms with Gasteiger partial charge in [0.25, 0.3) is 0 Å². The molecule has 2 rings (SSSR count). The van der Waals surface area contributed by atoms with Gasteiger partial charge in [0.2, 0.25) is 11.8 Å². The van der Waals surface area contributed by atoms with E-state index in [2.05, 4.69) is 36.8 Å². The molecule has 16 heteroatoms. The number of alkyl carbamates (subject to hydrolysis) is 2. The molecule has 0 radical (unpaired) electrons. The predicted octanol–water partition coefficient (Wildman–Crippen LogP) is 3.02. The van der Waals surface area contributed by atoms with Gasteiger partial charge in [-0.3, -0.25) is 19.9 Å². The molecular weight excluding hydrogens is 659 g/mol. The molecule has 3 atom stereocenters. The maximum Gasteiger partial charge on any atom is 0.414 e. The number of carbonyl (C=O) groups excluding carboxylic acids is 5. The highest BCUT2D eigenvalue weighted by Crippen LogP contribution is 2.11. The van der Waals surface area contributed by atoms with Crippen molar-refractivity contribution in [3.05, 3.63) is 71.8 Å². The standard InChI is InChI=1S/C35H51N9O7/c1-23(2)18-28(41-31(46)29(19-24(3)4)42-34(48)50-21-25-12-7-5-8-13-25)30(45)40-27(20-39-44-33(37)47)16-11-17-38-32(36)43-35(49)51-22-26-14-9-6-10-15-26/h5-10,12-15,20,23-24,27-29H,11,16-19,21-22H2,1-4H3,(H,40,45)(H,41,46)(H,42,48)(H3,37,44,47)(H3,36,38,43,49)/b39-20+/t27-,28-,29-/m0/s1/i20+1. The summed E-state index contributed by atoms with van der Waals surface area (Å²) in [5, 5.41) is 14.4. The van der Waals surface area contributed by atoms with Crippen molar-refractivity contribution in [1.82, 2.24) is 26.7 Å². The molecule has 0 aliphatic rings. The lowest BCUT2D eigenvalue weighted by molar-refractivity contribution is -0.130. The van der Waals surface area contributed by atoms with Gasteiger partial charge in [-0.1, -0.05) is 88.4 Å². The van der Waals surface area contributed by atoms with Gasteiger partial charge in [0.1, 0.15) is 25.3 Å². The fourth-order valence-corrected chi connectivity index (χ4v) is 4.66. The molecular formula is C35H51N9O7. The van der Waals surface area contributed by atoms with Crippen molar-refractivity contribution < 1.29 is 33.4 Å². The molecule has 16 nitrogen and oxygen atoms in total. The highest BCUT2D eigenvalue weighted by Gasteiger charge is 2.29. The SMILES string of the molecule is CC(C)C[C@H](NC(=O)OCc1ccccc1)C(=O)N[C@@H](CC(C)C)C(=O)N[C@@H](CCCN=C(N)NC(=O)OCc1ccccc1)/[13CH]=N/NC(N)=O. The minimum atomic E-state index is -0.964. The Kier molecular flexibility index (Phi) is 18.6. The van der Waals surface area contributed by atoms with E-state index in [1.807, 2.05) is 88.4 Å². The van der Waals surface area contributed by atoms with Gasteiger partial charge in [-0.05, 0) is 48.6 Å². The minimum Gasteiger partial charge on any atom is -0.445 e. The molecule has 9 N–H and O–H groups in total. The van der Waals surface area contributed by atoms with Crippen molar-refractivity contribution in [3.8, 4) is 0 Å². The first-order valence-corrected chi connectivity index (χ1v) is 16.8. The van der Waals surface area contributed by atoms with Crippen molar-refractivity contribution in [2.75, 3.05) is 6.54 Å². The number of hydrazone groups is 1. The first-order valence-electron chi connectivity index (χ1n) is 16.8. The number of ether oxygens (including phenoxy) is 2. The van der Waals surface area contributed by atoms with Crippen molar-refractivity contribution in [2.45, 2.75) is 84.7 Å². The second-order valence-electron chi connectivity index (χ2n) is 12.5. The lowest BCUT2D eigenvalue weighted by Gasteiger charge is -2.26. The van der Waals surface area contributed by atoms with E-state index in [-0.39, 0.29) is 44.0 Å². The molecule has 2 aromatic carbocycles. The maximum absolute atomic E-state index is 13.6. The van der Waals surface area contributed by atoms with Crippen molar-refractivity contribution >= 4 is 42.2 Å². The summed E-state index contributed by atoms with van der Waals surface area (Å²) < 4.78 is 10.4. The van der Waals surface area contributed by atoms with E-state index in [0.717, 1.165) is 11.1 Å². The second-order valence-corrected chi connectivity index (χ2v) is 12.5. The number of aliphatic imine (C=N–C) groups is 1. The van der Waals surface area contributed by atoms with Crippen LogP contribution >= 0.6 is 0 Å². The summed E-state index contributed by atoms with van der Waals surface area (Å²) in [5.41, 5.74) is 14.6. The Hall–Kier alpha value is -5.67. The molecule has 0 heterocycles. The molecule has 2 aromatic rings. The normalized spacial score (nSPS) is 13.2. The summed E-state index contributed by atoms with van der Waals surface area (Å²) in [7, 11) is 0. The van der Waals surface area contributed by atoms with Crippen molar-refractivity contribution in [3.63, 3.8) is 0 Å². The van der Waals surface area contributed by atoms with Crippen LogP contribution in [0.4, 0.5) is 14.4 Å². The molecule has 0 spiro atoms. The van der Waals surface area contributed by atoms with Crippen molar-refractivity contribution in [1.29, 1.82) is 0 Å². The maximum atomic E-state index is 13.6. The Bertz CT molecular complexity index is 1450. The molecule has 0 aliphatic carbocycles. The number of hydrogen-bond donors (Lipinski definition) is 7. The number of nitrogens with two attached hydrogens (primary N) is 2. The zero-order chi connectivity index (χ0) is 37.6. The third-order valence-corrected chi connectivity index (χ3v) is 7.02. The largest absolute Gasteiger partial charge is 0.445 e. The van der Waals surface area contributed by atoms with Crippen LogP contribution in [-0.2, 0) is 32.3 Å². The number of amides is 6. The summed E-state index contributed by atoms with van der Waals surface area (Å²) >= 11 is 0. The second kappa shape index (κ2) is 22.9. The molecule has 278 valence electrons. The molecule has 6 amide bonds. The first kappa shape index (κ1) is 41.5. The van der Waals surface area contributed by atoms with E-state index in [4.69, 9.17) is 20.9 Å². The van der Waals surface area contributed by atoms with E-state index in [1.165, 1.54) is 6.21 Å². The smallest absolute Gasteiger partial charge is 0.414 e. The van der Waals surface area contributed by atoms with Crippen LogP contribution in [0.3, 0.4) is 0 Å². The third kappa shape index (κ3) is 18.6. The van der Waals surface area contributed by atoms with Gasteiger partial charge >= 0.3 is 18.2 Å². The van der Waals surface area contributed by atoms with Crippen LogP contribution in [0.25, 0.3) is 0 Å².